The first kappa shape index (κ1) is 28.1. The summed E-state index contributed by atoms with van der Waals surface area (Å²) in [6.07, 6.45) is 1.54. The Hall–Kier alpha value is -3.48. The van der Waals surface area contributed by atoms with Gasteiger partial charge in [-0.2, -0.15) is 0 Å². The smallest absolute Gasteiger partial charge is 0.235 e. The number of Topliss-reactive ketones (excluding diaryl/α,β-unsaturated/α-hetero) is 4. The minimum atomic E-state index is -3.06. The van der Waals surface area contributed by atoms with Crippen LogP contribution in [0.3, 0.4) is 0 Å². The third kappa shape index (κ3) is 3.69. The highest BCUT2D eigenvalue weighted by atomic mass is 16.3. The number of nitrogens with two attached hydrogens (primary N) is 1. The van der Waals surface area contributed by atoms with Gasteiger partial charge in [-0.15, -0.1) is 0 Å². The molecule has 12 nitrogen and oxygen atoms in total. The van der Waals surface area contributed by atoms with E-state index in [-0.39, 0.29) is 28.6 Å². The maximum Gasteiger partial charge on any atom is 0.235 e. The van der Waals surface area contributed by atoms with Crippen molar-refractivity contribution in [2.45, 2.75) is 56.3 Å². The number of fused-ring (bicyclic) bond motifs is 3. The van der Waals surface area contributed by atoms with Crippen LogP contribution in [0.15, 0.2) is 12.1 Å². The molecule has 0 bridgehead atoms. The molecule has 2 amide bonds. The Kier molecular flexibility index (Phi) is 6.71. The van der Waals surface area contributed by atoms with Crippen LogP contribution in [0.4, 0.5) is 5.69 Å². The molecule has 214 valence electrons. The van der Waals surface area contributed by atoms with Crippen LogP contribution < -0.4 is 11.1 Å². The average molecular weight is 556 g/mol. The number of nitrogens with one attached hydrogen (secondary N) is 1. The Balaban J connectivity index is 1.65. The van der Waals surface area contributed by atoms with Gasteiger partial charge in [-0.05, 0) is 50.6 Å². The Morgan fingerprint density at radius 2 is 1.70 bits per heavy atom. The third-order valence-electron chi connectivity index (χ3n) is 9.45. The average Bonchev–Trinajstić information content (AvgIpc) is 3.42. The van der Waals surface area contributed by atoms with E-state index >= 15 is 0 Å². The predicted octanol–water partition coefficient (Wildman–Crippen LogP) is -0.472. The third-order valence-corrected chi connectivity index (χ3v) is 9.45. The van der Waals surface area contributed by atoms with Gasteiger partial charge in [0.2, 0.25) is 11.8 Å². The second-order valence-electron chi connectivity index (χ2n) is 11.8. The van der Waals surface area contributed by atoms with Crippen LogP contribution in [0.25, 0.3) is 0 Å². The quantitative estimate of drug-likeness (QED) is 0.238. The molecule has 8 atom stereocenters. The second kappa shape index (κ2) is 9.57. The van der Waals surface area contributed by atoms with Crippen molar-refractivity contribution in [3.63, 3.8) is 0 Å². The van der Waals surface area contributed by atoms with Crippen molar-refractivity contribution in [1.29, 1.82) is 0 Å². The fourth-order valence-corrected chi connectivity index (χ4v) is 7.60. The molecule has 12 heteroatoms. The van der Waals surface area contributed by atoms with Gasteiger partial charge in [0.1, 0.15) is 5.75 Å². The number of aromatic hydroxyl groups is 1. The summed E-state index contributed by atoms with van der Waals surface area (Å²) in [5.74, 6) is -14.5. The van der Waals surface area contributed by atoms with Gasteiger partial charge in [0.15, 0.2) is 34.7 Å². The fraction of sp³-hybridized carbons (Fsp3) is 0.571. The van der Waals surface area contributed by atoms with E-state index < -0.39 is 82.1 Å². The zero-order valence-corrected chi connectivity index (χ0v) is 22.4. The van der Waals surface area contributed by atoms with Gasteiger partial charge in [0, 0.05) is 17.5 Å². The van der Waals surface area contributed by atoms with Gasteiger partial charge in [-0.3, -0.25) is 33.7 Å². The molecule has 6 N–H and O–H groups in total. The summed E-state index contributed by atoms with van der Waals surface area (Å²) in [6, 6.07) is 1.21. The number of rotatable bonds is 4. The number of aliphatic hydroxyl groups is 2. The molecule has 0 aromatic heterocycles. The number of carbonyl (C=O) groups excluding carboxylic acids is 6. The van der Waals surface area contributed by atoms with Crippen molar-refractivity contribution in [2.75, 3.05) is 19.4 Å². The Labute approximate surface area is 229 Å². The van der Waals surface area contributed by atoms with E-state index in [1.807, 2.05) is 0 Å². The Bertz CT molecular complexity index is 1350. The van der Waals surface area contributed by atoms with Crippen LogP contribution in [0.1, 0.15) is 54.4 Å². The monoisotopic (exact) mass is 555 g/mol. The molecule has 1 aromatic carbocycles. The molecule has 0 saturated heterocycles. The molecule has 5 rings (SSSR count). The van der Waals surface area contributed by atoms with Crippen molar-refractivity contribution in [1.82, 2.24) is 4.90 Å². The Morgan fingerprint density at radius 1 is 1.07 bits per heavy atom. The number of carbonyl (C=O) groups is 6. The number of hydrogen-bond donors (Lipinski definition) is 5. The van der Waals surface area contributed by atoms with Crippen molar-refractivity contribution in [3.05, 3.63) is 23.3 Å². The summed E-state index contributed by atoms with van der Waals surface area (Å²) >= 11 is 0. The zero-order valence-electron chi connectivity index (χ0n) is 22.4. The second-order valence-corrected chi connectivity index (χ2v) is 11.8. The largest absolute Gasteiger partial charge is 0.507 e. The maximum atomic E-state index is 14.0. The SMILES string of the molecule is CC1c2c(NC(=O)C3CCCC3)ccc(O)c2C(=O)C2C(=O)[C@]3(O)C(=O)C(C(N)=O)C(=O)C(N(C)C)[C@@H]3C(O)[C@@H]21. The number of aliphatic hydroxyl groups excluding tert-OH is 1. The summed E-state index contributed by atoms with van der Waals surface area (Å²) < 4.78 is 0. The van der Waals surface area contributed by atoms with Crippen LogP contribution >= 0.6 is 0 Å². The number of likely N-dealkylation sites (N-methyl/N-ethyl adjacent to an activating group) is 1. The minimum Gasteiger partial charge on any atom is -0.507 e. The van der Waals surface area contributed by atoms with E-state index in [4.69, 9.17) is 5.73 Å². The number of anilines is 1. The zero-order chi connectivity index (χ0) is 29.4. The van der Waals surface area contributed by atoms with E-state index in [1.54, 1.807) is 6.92 Å². The number of amides is 2. The topological polar surface area (TPSA) is 204 Å². The summed E-state index contributed by atoms with van der Waals surface area (Å²) in [4.78, 5) is 80.9. The van der Waals surface area contributed by atoms with Crippen molar-refractivity contribution in [2.24, 2.45) is 35.3 Å². The molecule has 0 heterocycles. The van der Waals surface area contributed by atoms with Gasteiger partial charge in [0.05, 0.1) is 29.5 Å². The number of primary amides is 1. The highest BCUT2D eigenvalue weighted by molar-refractivity contribution is 6.32. The van der Waals surface area contributed by atoms with E-state index in [0.717, 1.165) is 25.7 Å². The molecule has 4 aliphatic rings. The normalized spacial score (nSPS) is 35.8. The van der Waals surface area contributed by atoms with Gasteiger partial charge >= 0.3 is 0 Å². The molecule has 1 aromatic rings. The lowest BCUT2D eigenvalue weighted by molar-refractivity contribution is -0.196. The summed E-state index contributed by atoms with van der Waals surface area (Å²) in [5.41, 5.74) is 2.48. The molecular weight excluding hydrogens is 522 g/mol. The standard InChI is InChI=1S/C28H33N3O9/c1-10-14-12(30-27(39)11-6-4-5-7-11)8-9-13(32)16(14)21(33)17-15(10)22(34)19-20(31(2)3)23(35)18(26(29)38)25(37)28(19,40)24(17)36/h8-11,15,17-20,22,32,34,40H,4-7H2,1-3H3,(H2,29,38)(H,30,39)/t10?,15-,17?,18?,19-,20?,22?,28+/m1/s1. The molecule has 0 radical (unpaired) electrons. The predicted molar refractivity (Wildman–Crippen MR) is 138 cm³/mol. The van der Waals surface area contributed by atoms with Gasteiger partial charge in [-0.1, -0.05) is 19.8 Å². The summed E-state index contributed by atoms with van der Waals surface area (Å²) in [7, 11) is 2.86. The number of hydrogen-bond acceptors (Lipinski definition) is 10. The Morgan fingerprint density at radius 3 is 2.27 bits per heavy atom. The fourth-order valence-electron chi connectivity index (χ4n) is 7.60. The molecule has 40 heavy (non-hydrogen) atoms. The first-order valence-electron chi connectivity index (χ1n) is 13.4. The highest BCUT2D eigenvalue weighted by Gasteiger charge is 2.73. The lowest BCUT2D eigenvalue weighted by Gasteiger charge is -2.56. The first-order valence-corrected chi connectivity index (χ1v) is 13.4. The molecule has 0 aliphatic heterocycles. The van der Waals surface area contributed by atoms with Crippen LogP contribution in [0, 0.1) is 29.6 Å². The van der Waals surface area contributed by atoms with Gasteiger partial charge < -0.3 is 26.4 Å². The maximum absolute atomic E-state index is 14.0. The van der Waals surface area contributed by atoms with Crippen LogP contribution in [0.2, 0.25) is 0 Å². The number of nitrogens with zero attached hydrogens (tertiary/aromatic N) is 1. The van der Waals surface area contributed by atoms with Crippen LogP contribution in [-0.4, -0.2) is 87.0 Å². The number of phenols is 1. The molecule has 3 saturated carbocycles. The van der Waals surface area contributed by atoms with Crippen molar-refractivity contribution in [3.8, 4) is 5.75 Å². The molecule has 0 spiro atoms. The van der Waals surface area contributed by atoms with Crippen molar-refractivity contribution >= 4 is 40.6 Å². The van der Waals surface area contributed by atoms with E-state index in [1.165, 1.54) is 31.1 Å². The number of benzene rings is 1. The lowest BCUT2D eigenvalue weighted by Crippen LogP contribution is -2.77. The number of ketones is 4. The lowest BCUT2D eigenvalue weighted by atomic mass is 9.49. The minimum absolute atomic E-state index is 0.207. The molecule has 5 unspecified atom stereocenters. The summed E-state index contributed by atoms with van der Waals surface area (Å²) in [5, 5.41) is 37.0. The first-order chi connectivity index (χ1) is 18.7. The van der Waals surface area contributed by atoms with Crippen LogP contribution in [0.5, 0.6) is 5.75 Å². The van der Waals surface area contributed by atoms with Crippen molar-refractivity contribution < 1.29 is 44.1 Å². The van der Waals surface area contributed by atoms with Gasteiger partial charge in [-0.25, -0.2) is 0 Å². The van der Waals surface area contributed by atoms with Gasteiger partial charge in [0.25, 0.3) is 0 Å². The van der Waals surface area contributed by atoms with Crippen LogP contribution in [-0.2, 0) is 24.0 Å². The molecule has 4 aliphatic carbocycles. The number of phenolic OH excluding ortho intramolecular Hbond substituents is 1. The molecular formula is C28H33N3O9. The van der Waals surface area contributed by atoms with E-state index in [0.29, 0.717) is 0 Å². The molecule has 3 fully saturated rings. The summed E-state index contributed by atoms with van der Waals surface area (Å²) in [6.45, 7) is 1.61. The van der Waals surface area contributed by atoms with E-state index in [2.05, 4.69) is 5.32 Å². The highest BCUT2D eigenvalue weighted by Crippen LogP contribution is 2.55. The van der Waals surface area contributed by atoms with E-state index in [9.17, 15) is 44.1 Å².